The Morgan fingerprint density at radius 3 is 1.40 bits per heavy atom. The van der Waals surface area contributed by atoms with Gasteiger partial charge in [-0.15, -0.1) is 0 Å². The van der Waals surface area contributed by atoms with Gasteiger partial charge in [-0.05, 0) is 179 Å². The fraction of sp³-hybridized carbons (Fsp3) is 0.184. The number of hydrogen-bond acceptors (Lipinski definition) is 10. The smallest absolute Gasteiger partial charge is 0.333 e. The Labute approximate surface area is 409 Å². The lowest BCUT2D eigenvalue weighted by Gasteiger charge is -2.25. The standard InChI is InChI=1S/C49H42Br4N2O10/c1-5-28(4)37-24-35(16-18-43(37)58)64-47-40(52)19-31(20-41(47)53)54(48(61)29-9-7-6-8-10-29)25-44(59)65-45(60)26-55(49(62)30-11-13-33(56)14-12-30)32-21-38(50)46(39(51)22-32)63-34-15-17-42(57)36(23-34)27(2)3/h6-24,27-28,56-58H,5,25-26H2,1-4H3. The van der Waals surface area contributed by atoms with Gasteiger partial charge in [0.15, 0.2) is 11.5 Å². The highest BCUT2D eigenvalue weighted by atomic mass is 79.9. The number of phenols is 3. The van der Waals surface area contributed by atoms with E-state index in [9.17, 15) is 34.5 Å². The van der Waals surface area contributed by atoms with E-state index in [1.54, 1.807) is 84.9 Å². The molecule has 2 amide bonds. The molecule has 336 valence electrons. The lowest BCUT2D eigenvalue weighted by molar-refractivity contribution is -0.157. The van der Waals surface area contributed by atoms with Crippen LogP contribution in [0.15, 0.2) is 133 Å². The quantitative estimate of drug-likeness (QED) is 0.0666. The summed E-state index contributed by atoms with van der Waals surface area (Å²) in [5.74, 6) is -1.54. The maximum Gasteiger partial charge on any atom is 0.333 e. The van der Waals surface area contributed by atoms with Gasteiger partial charge in [0, 0.05) is 33.6 Å². The van der Waals surface area contributed by atoms with E-state index in [4.69, 9.17) is 14.2 Å². The fourth-order valence-electron chi connectivity index (χ4n) is 6.61. The third-order valence-corrected chi connectivity index (χ3v) is 12.6. The summed E-state index contributed by atoms with van der Waals surface area (Å²) in [6, 6.07) is 29.8. The van der Waals surface area contributed by atoms with Gasteiger partial charge in [-0.2, -0.15) is 0 Å². The first-order valence-corrected chi connectivity index (χ1v) is 23.3. The average Bonchev–Trinajstić information content (AvgIpc) is 3.27. The molecule has 0 saturated carbocycles. The van der Waals surface area contributed by atoms with Gasteiger partial charge in [-0.25, -0.2) is 9.59 Å². The largest absolute Gasteiger partial charge is 0.508 e. The number of benzene rings is 6. The summed E-state index contributed by atoms with van der Waals surface area (Å²) in [5, 5.41) is 30.7. The van der Waals surface area contributed by atoms with E-state index in [1.165, 1.54) is 30.3 Å². The van der Waals surface area contributed by atoms with Crippen molar-refractivity contribution in [2.75, 3.05) is 22.9 Å². The number of hydrogen-bond donors (Lipinski definition) is 3. The molecule has 1 unspecified atom stereocenters. The highest BCUT2D eigenvalue weighted by Gasteiger charge is 2.29. The van der Waals surface area contributed by atoms with Crippen molar-refractivity contribution >= 4 is 98.8 Å². The van der Waals surface area contributed by atoms with Gasteiger partial charge in [0.1, 0.15) is 41.8 Å². The van der Waals surface area contributed by atoms with E-state index in [0.29, 0.717) is 46.5 Å². The van der Waals surface area contributed by atoms with Gasteiger partial charge in [-0.3, -0.25) is 19.4 Å². The van der Waals surface area contributed by atoms with Crippen LogP contribution in [0.3, 0.4) is 0 Å². The van der Waals surface area contributed by atoms with E-state index in [-0.39, 0.29) is 51.6 Å². The first kappa shape index (κ1) is 48.8. The summed E-state index contributed by atoms with van der Waals surface area (Å²) in [6.07, 6.45) is 0.803. The zero-order chi connectivity index (χ0) is 47.1. The van der Waals surface area contributed by atoms with Gasteiger partial charge >= 0.3 is 11.9 Å². The zero-order valence-electron chi connectivity index (χ0n) is 35.4. The molecule has 0 aliphatic rings. The summed E-state index contributed by atoms with van der Waals surface area (Å²) >= 11 is 14.2. The molecule has 6 aromatic rings. The minimum atomic E-state index is -1.11. The van der Waals surface area contributed by atoms with Crippen LogP contribution in [0.1, 0.15) is 77.8 Å². The van der Waals surface area contributed by atoms with Crippen molar-refractivity contribution in [2.24, 2.45) is 0 Å². The van der Waals surface area contributed by atoms with Crippen LogP contribution < -0.4 is 19.3 Å². The highest BCUT2D eigenvalue weighted by molar-refractivity contribution is 9.11. The van der Waals surface area contributed by atoms with Crippen LogP contribution in [-0.2, 0) is 14.3 Å². The summed E-state index contributed by atoms with van der Waals surface area (Å²) in [5.41, 5.74) is 2.22. The fourth-order valence-corrected chi connectivity index (χ4v) is 9.26. The second-order valence-corrected chi connectivity index (χ2v) is 18.5. The van der Waals surface area contributed by atoms with Gasteiger partial charge in [0.05, 0.1) is 17.9 Å². The molecule has 6 aromatic carbocycles. The van der Waals surface area contributed by atoms with Crippen LogP contribution in [0.2, 0.25) is 0 Å². The molecule has 3 N–H and O–H groups in total. The zero-order valence-corrected chi connectivity index (χ0v) is 41.7. The van der Waals surface area contributed by atoms with Gasteiger partial charge in [0.25, 0.3) is 11.8 Å². The normalized spacial score (nSPS) is 11.5. The Hall–Kier alpha value is -5.68. The van der Waals surface area contributed by atoms with Crippen molar-refractivity contribution < 1.29 is 48.7 Å². The number of esters is 2. The molecule has 1 atom stereocenters. The average molecular weight is 1140 g/mol. The maximum atomic E-state index is 14.1. The Kier molecular flexibility index (Phi) is 16.2. The minimum Gasteiger partial charge on any atom is -0.508 e. The molecule has 12 nitrogen and oxygen atoms in total. The predicted molar refractivity (Wildman–Crippen MR) is 262 cm³/mol. The molecule has 65 heavy (non-hydrogen) atoms. The SMILES string of the molecule is CCC(C)c1cc(Oc2c(Br)cc(N(CC(=O)OC(=O)CN(C(=O)c3ccc(O)cc3)c3cc(Br)c(Oc4ccc(O)c(C(C)C)c4)c(Br)c3)C(=O)c3ccccc3)cc2Br)ccc1O. The van der Waals surface area contributed by atoms with E-state index in [1.807, 2.05) is 27.7 Å². The summed E-state index contributed by atoms with van der Waals surface area (Å²) in [7, 11) is 0. The van der Waals surface area contributed by atoms with Crippen molar-refractivity contribution in [3.63, 3.8) is 0 Å². The number of anilines is 2. The predicted octanol–water partition coefficient (Wildman–Crippen LogP) is 13.1. The first-order valence-electron chi connectivity index (χ1n) is 20.1. The molecule has 0 aromatic heterocycles. The molecule has 6 rings (SSSR count). The first-order chi connectivity index (χ1) is 30.9. The van der Waals surface area contributed by atoms with Crippen LogP contribution in [0.4, 0.5) is 11.4 Å². The van der Waals surface area contributed by atoms with Crippen molar-refractivity contribution in [2.45, 2.75) is 46.0 Å². The Morgan fingerprint density at radius 1 is 0.554 bits per heavy atom. The van der Waals surface area contributed by atoms with Crippen molar-refractivity contribution in [1.29, 1.82) is 0 Å². The monoisotopic (exact) mass is 1130 g/mol. The molecule has 16 heteroatoms. The van der Waals surface area contributed by atoms with Gasteiger partial charge < -0.3 is 29.5 Å². The molecular formula is C49H42Br4N2O10. The Bertz CT molecular complexity index is 2700. The van der Waals surface area contributed by atoms with Crippen molar-refractivity contribution in [3.05, 3.63) is 155 Å². The van der Waals surface area contributed by atoms with Crippen molar-refractivity contribution in [3.8, 4) is 40.2 Å². The number of aromatic hydroxyl groups is 3. The number of carbonyl (C=O) groups excluding carboxylic acids is 4. The molecule has 0 heterocycles. The summed E-state index contributed by atoms with van der Waals surface area (Å²) < 4.78 is 19.3. The van der Waals surface area contributed by atoms with E-state index >= 15 is 0 Å². The second kappa shape index (κ2) is 21.5. The molecule has 0 aliphatic heterocycles. The molecule has 0 radical (unpaired) electrons. The van der Waals surface area contributed by atoms with E-state index in [2.05, 4.69) is 63.7 Å². The lowest BCUT2D eigenvalue weighted by Crippen LogP contribution is -2.40. The number of ether oxygens (including phenoxy) is 3. The van der Waals surface area contributed by atoms with Crippen molar-refractivity contribution in [1.82, 2.24) is 0 Å². The number of amides is 2. The Morgan fingerprint density at radius 2 is 0.969 bits per heavy atom. The maximum absolute atomic E-state index is 14.1. The topological polar surface area (TPSA) is 163 Å². The highest BCUT2D eigenvalue weighted by Crippen LogP contribution is 2.44. The molecule has 0 aliphatic carbocycles. The minimum absolute atomic E-state index is 0.0175. The molecule has 0 spiro atoms. The Balaban J connectivity index is 1.27. The van der Waals surface area contributed by atoms with E-state index in [0.717, 1.165) is 21.8 Å². The van der Waals surface area contributed by atoms with E-state index < -0.39 is 36.8 Å². The number of carbonyl (C=O) groups is 4. The van der Waals surface area contributed by atoms with Gasteiger partial charge in [0.2, 0.25) is 0 Å². The van der Waals surface area contributed by atoms with Crippen LogP contribution in [0.25, 0.3) is 0 Å². The number of halogens is 4. The van der Waals surface area contributed by atoms with Crippen LogP contribution >= 0.6 is 63.7 Å². The second-order valence-electron chi connectivity index (χ2n) is 15.1. The third-order valence-electron chi connectivity index (χ3n) is 10.2. The number of phenolic OH excluding ortho intramolecular Hbond substituents is 3. The van der Waals surface area contributed by atoms with Crippen LogP contribution in [-0.4, -0.2) is 52.2 Å². The van der Waals surface area contributed by atoms with Crippen LogP contribution in [0.5, 0.6) is 40.2 Å². The molecular weight excluding hydrogens is 1100 g/mol. The molecule has 0 bridgehead atoms. The van der Waals surface area contributed by atoms with Crippen LogP contribution in [0, 0.1) is 0 Å². The molecule has 0 saturated heterocycles. The lowest BCUT2D eigenvalue weighted by atomic mass is 9.97. The number of nitrogens with zero attached hydrogens (tertiary/aromatic N) is 2. The van der Waals surface area contributed by atoms with Gasteiger partial charge in [-0.1, -0.05) is 45.9 Å². The summed E-state index contributed by atoms with van der Waals surface area (Å²) in [6.45, 7) is 6.45. The number of rotatable bonds is 15. The third kappa shape index (κ3) is 12.0. The molecule has 0 fully saturated rings. The summed E-state index contributed by atoms with van der Waals surface area (Å²) in [4.78, 5) is 57.8.